The average Bonchev–Trinajstić information content (AvgIpc) is 2.17. The number of nitrogens with one attached hydrogen (secondary N) is 1. The molecule has 0 aliphatic carbocycles. The lowest BCUT2D eigenvalue weighted by atomic mass is 10.1. The van der Waals surface area contributed by atoms with E-state index in [1.165, 1.54) is 12.1 Å². The third kappa shape index (κ3) is 4.40. The first-order valence-corrected chi connectivity index (χ1v) is 5.24. The van der Waals surface area contributed by atoms with E-state index in [0.29, 0.717) is 18.0 Å². The summed E-state index contributed by atoms with van der Waals surface area (Å²) < 4.78 is 12.8. The molecular weight excluding hydrogens is 193 g/mol. The second-order valence-electron chi connectivity index (χ2n) is 4.12. The van der Waals surface area contributed by atoms with E-state index in [-0.39, 0.29) is 5.82 Å². The van der Waals surface area contributed by atoms with Gasteiger partial charge in [0.25, 0.3) is 0 Å². The highest BCUT2D eigenvalue weighted by atomic mass is 19.1. The van der Waals surface area contributed by atoms with E-state index in [4.69, 9.17) is 0 Å². The van der Waals surface area contributed by atoms with Crippen molar-refractivity contribution in [3.05, 3.63) is 35.6 Å². The number of benzene rings is 1. The first kappa shape index (κ1) is 12.1. The maximum atomic E-state index is 12.8. The largest absolute Gasteiger partial charge is 0.387 e. The minimum atomic E-state index is -0.639. The van der Waals surface area contributed by atoms with Crippen molar-refractivity contribution in [2.45, 2.75) is 20.0 Å². The van der Waals surface area contributed by atoms with E-state index >= 15 is 0 Å². The van der Waals surface area contributed by atoms with Gasteiger partial charge in [0.15, 0.2) is 0 Å². The van der Waals surface area contributed by atoms with Gasteiger partial charge in [-0.1, -0.05) is 26.0 Å². The Balaban J connectivity index is 2.43. The first-order valence-electron chi connectivity index (χ1n) is 5.24. The molecule has 0 saturated heterocycles. The summed E-state index contributed by atoms with van der Waals surface area (Å²) in [5.41, 5.74) is 0.617. The zero-order valence-corrected chi connectivity index (χ0v) is 9.20. The Kier molecular flexibility index (Phi) is 4.72. The first-order chi connectivity index (χ1) is 7.09. The van der Waals surface area contributed by atoms with Gasteiger partial charge >= 0.3 is 0 Å². The molecule has 3 heteroatoms. The number of hydrogen-bond donors (Lipinski definition) is 2. The van der Waals surface area contributed by atoms with Crippen LogP contribution in [-0.4, -0.2) is 18.2 Å². The molecule has 0 aliphatic heterocycles. The quantitative estimate of drug-likeness (QED) is 0.781. The van der Waals surface area contributed by atoms with Gasteiger partial charge in [0.05, 0.1) is 6.10 Å². The second-order valence-corrected chi connectivity index (χ2v) is 4.12. The molecule has 0 aliphatic rings. The number of aliphatic hydroxyl groups is 1. The van der Waals surface area contributed by atoms with Crippen LogP contribution >= 0.6 is 0 Å². The number of rotatable bonds is 5. The van der Waals surface area contributed by atoms with Crippen LogP contribution in [0.1, 0.15) is 25.5 Å². The molecule has 0 aromatic heterocycles. The van der Waals surface area contributed by atoms with Crippen LogP contribution in [0.15, 0.2) is 24.3 Å². The summed E-state index contributed by atoms with van der Waals surface area (Å²) in [7, 11) is 0. The Morgan fingerprint density at radius 2 is 2.07 bits per heavy atom. The summed E-state index contributed by atoms with van der Waals surface area (Å²) in [6.45, 7) is 5.51. The van der Waals surface area contributed by atoms with Crippen molar-refractivity contribution < 1.29 is 9.50 Å². The fraction of sp³-hybridized carbons (Fsp3) is 0.500. The van der Waals surface area contributed by atoms with Crippen molar-refractivity contribution in [2.75, 3.05) is 13.1 Å². The van der Waals surface area contributed by atoms with Gasteiger partial charge in [0.2, 0.25) is 0 Å². The highest BCUT2D eigenvalue weighted by Crippen LogP contribution is 2.12. The van der Waals surface area contributed by atoms with Crippen molar-refractivity contribution in [1.82, 2.24) is 5.32 Å². The van der Waals surface area contributed by atoms with E-state index in [1.54, 1.807) is 12.1 Å². The van der Waals surface area contributed by atoms with Crippen molar-refractivity contribution in [2.24, 2.45) is 5.92 Å². The molecule has 1 aromatic rings. The normalized spacial score (nSPS) is 13.1. The predicted octanol–water partition coefficient (Wildman–Crippen LogP) is 2.10. The van der Waals surface area contributed by atoms with Crippen molar-refractivity contribution >= 4 is 0 Å². The zero-order valence-electron chi connectivity index (χ0n) is 9.20. The third-order valence-electron chi connectivity index (χ3n) is 2.12. The standard InChI is InChI=1S/C12H18FNO/c1-9(2)7-14-8-12(15)10-4-3-5-11(13)6-10/h3-6,9,12,14-15H,7-8H2,1-2H3. The summed E-state index contributed by atoms with van der Waals surface area (Å²) in [5, 5.41) is 12.9. The van der Waals surface area contributed by atoms with E-state index in [1.807, 2.05) is 0 Å². The van der Waals surface area contributed by atoms with E-state index in [2.05, 4.69) is 19.2 Å². The minimum absolute atomic E-state index is 0.310. The summed E-state index contributed by atoms with van der Waals surface area (Å²) >= 11 is 0. The van der Waals surface area contributed by atoms with Gasteiger partial charge in [-0.25, -0.2) is 4.39 Å². The maximum Gasteiger partial charge on any atom is 0.123 e. The maximum absolute atomic E-state index is 12.8. The summed E-state index contributed by atoms with van der Waals surface area (Å²) in [4.78, 5) is 0. The Morgan fingerprint density at radius 1 is 1.33 bits per heavy atom. The van der Waals surface area contributed by atoms with E-state index < -0.39 is 6.10 Å². The van der Waals surface area contributed by atoms with Crippen LogP contribution in [0.4, 0.5) is 4.39 Å². The molecule has 1 rings (SSSR count). The fourth-order valence-electron chi connectivity index (χ4n) is 1.34. The predicted molar refractivity (Wildman–Crippen MR) is 59.1 cm³/mol. The number of aliphatic hydroxyl groups excluding tert-OH is 1. The molecule has 0 saturated carbocycles. The molecule has 0 radical (unpaired) electrons. The fourth-order valence-corrected chi connectivity index (χ4v) is 1.34. The van der Waals surface area contributed by atoms with Gasteiger partial charge in [-0.2, -0.15) is 0 Å². The minimum Gasteiger partial charge on any atom is -0.387 e. The lowest BCUT2D eigenvalue weighted by Crippen LogP contribution is -2.25. The van der Waals surface area contributed by atoms with Gasteiger partial charge in [-0.15, -0.1) is 0 Å². The van der Waals surface area contributed by atoms with Crippen LogP contribution in [0, 0.1) is 11.7 Å². The molecule has 0 heterocycles. The van der Waals surface area contributed by atoms with Crippen molar-refractivity contribution in [3.63, 3.8) is 0 Å². The molecular formula is C12H18FNO. The van der Waals surface area contributed by atoms with Crippen LogP contribution in [0.2, 0.25) is 0 Å². The van der Waals surface area contributed by atoms with Gasteiger partial charge in [-0.05, 0) is 30.2 Å². The second kappa shape index (κ2) is 5.83. The third-order valence-corrected chi connectivity index (χ3v) is 2.12. The zero-order chi connectivity index (χ0) is 11.3. The van der Waals surface area contributed by atoms with Crippen molar-refractivity contribution in [3.8, 4) is 0 Å². The van der Waals surface area contributed by atoms with Gasteiger partial charge in [-0.3, -0.25) is 0 Å². The Hall–Kier alpha value is -0.930. The van der Waals surface area contributed by atoms with Crippen LogP contribution in [0.3, 0.4) is 0 Å². The summed E-state index contributed by atoms with van der Waals surface area (Å²) in [6, 6.07) is 6.07. The summed E-state index contributed by atoms with van der Waals surface area (Å²) in [5.74, 6) is 0.236. The Bertz CT molecular complexity index is 301. The molecule has 2 N–H and O–H groups in total. The molecule has 0 spiro atoms. The lowest BCUT2D eigenvalue weighted by molar-refractivity contribution is 0.173. The van der Waals surface area contributed by atoms with Gasteiger partial charge in [0.1, 0.15) is 5.82 Å². The Morgan fingerprint density at radius 3 is 2.67 bits per heavy atom. The van der Waals surface area contributed by atoms with Gasteiger partial charge < -0.3 is 10.4 Å². The molecule has 84 valence electrons. The molecule has 1 unspecified atom stereocenters. The average molecular weight is 211 g/mol. The van der Waals surface area contributed by atoms with E-state index in [9.17, 15) is 9.50 Å². The summed E-state index contributed by atoms with van der Waals surface area (Å²) in [6.07, 6.45) is -0.639. The molecule has 1 aromatic carbocycles. The van der Waals surface area contributed by atoms with Gasteiger partial charge in [0, 0.05) is 6.54 Å². The molecule has 0 amide bonds. The Labute approximate surface area is 90.1 Å². The van der Waals surface area contributed by atoms with Crippen LogP contribution in [0.5, 0.6) is 0 Å². The molecule has 0 bridgehead atoms. The van der Waals surface area contributed by atoms with E-state index in [0.717, 1.165) is 6.54 Å². The number of hydrogen-bond acceptors (Lipinski definition) is 2. The van der Waals surface area contributed by atoms with Crippen LogP contribution in [0.25, 0.3) is 0 Å². The lowest BCUT2D eigenvalue weighted by Gasteiger charge is -2.13. The molecule has 0 fully saturated rings. The SMILES string of the molecule is CC(C)CNCC(O)c1cccc(F)c1. The highest BCUT2D eigenvalue weighted by Gasteiger charge is 2.07. The monoisotopic (exact) mass is 211 g/mol. The van der Waals surface area contributed by atoms with Crippen molar-refractivity contribution in [1.29, 1.82) is 0 Å². The molecule has 2 nitrogen and oxygen atoms in total. The van der Waals surface area contributed by atoms with Crippen LogP contribution in [-0.2, 0) is 0 Å². The topological polar surface area (TPSA) is 32.3 Å². The smallest absolute Gasteiger partial charge is 0.123 e. The molecule has 1 atom stereocenters. The number of halogens is 1. The van der Waals surface area contributed by atoms with Crippen LogP contribution < -0.4 is 5.32 Å². The highest BCUT2D eigenvalue weighted by molar-refractivity contribution is 5.18. The molecule has 15 heavy (non-hydrogen) atoms.